The smallest absolute Gasteiger partial charge is 0.126 e. The second-order valence-corrected chi connectivity index (χ2v) is 5.13. The number of benzene rings is 1. The molecule has 0 unspecified atom stereocenters. The Morgan fingerprint density at radius 1 is 1.28 bits per heavy atom. The molecule has 0 radical (unpaired) electrons. The third-order valence-corrected chi connectivity index (χ3v) is 3.14. The van der Waals surface area contributed by atoms with E-state index in [1.807, 2.05) is 12.1 Å². The Hall–Kier alpha value is -1.13. The maximum atomic E-state index is 13.4. The van der Waals surface area contributed by atoms with E-state index in [1.165, 1.54) is 6.07 Å². The Balaban J connectivity index is 1.92. The second-order valence-electron chi connectivity index (χ2n) is 3.77. The number of anilines is 1. The van der Waals surface area contributed by atoms with E-state index in [4.69, 9.17) is 11.6 Å². The first-order valence-corrected chi connectivity index (χ1v) is 6.61. The van der Waals surface area contributed by atoms with Crippen LogP contribution in [0.5, 0.6) is 0 Å². The molecule has 0 bridgehead atoms. The van der Waals surface area contributed by atoms with Gasteiger partial charge in [-0.25, -0.2) is 9.37 Å². The van der Waals surface area contributed by atoms with Crippen molar-refractivity contribution >= 4 is 33.3 Å². The molecule has 0 aliphatic rings. The summed E-state index contributed by atoms with van der Waals surface area (Å²) in [6.07, 6.45) is 2.27. The van der Waals surface area contributed by atoms with Gasteiger partial charge in [0.2, 0.25) is 0 Å². The van der Waals surface area contributed by atoms with Crippen LogP contribution < -0.4 is 5.32 Å². The molecule has 0 amide bonds. The molecular weight excluding hydrogens is 319 g/mol. The lowest BCUT2D eigenvalue weighted by Crippen LogP contribution is -2.07. The Bertz CT molecular complexity index is 531. The minimum absolute atomic E-state index is 0.232. The Morgan fingerprint density at radius 3 is 2.83 bits per heavy atom. The molecule has 0 aliphatic carbocycles. The topological polar surface area (TPSA) is 24.9 Å². The number of halogens is 3. The first-order chi connectivity index (χ1) is 8.65. The fraction of sp³-hybridized carbons (Fsp3) is 0.154. The first kappa shape index (κ1) is 13.3. The molecule has 0 atom stereocenters. The van der Waals surface area contributed by atoms with Gasteiger partial charge in [-0.05, 0) is 58.2 Å². The number of nitrogens with zero attached hydrogens (tertiary/aromatic N) is 1. The third kappa shape index (κ3) is 3.68. The minimum Gasteiger partial charge on any atom is -0.370 e. The van der Waals surface area contributed by atoms with E-state index in [9.17, 15) is 4.39 Å². The fourth-order valence-electron chi connectivity index (χ4n) is 1.54. The van der Waals surface area contributed by atoms with Gasteiger partial charge in [0.05, 0.1) is 0 Å². The van der Waals surface area contributed by atoms with Crippen molar-refractivity contribution in [2.45, 2.75) is 6.42 Å². The van der Waals surface area contributed by atoms with Crippen LogP contribution in [0, 0.1) is 5.82 Å². The summed E-state index contributed by atoms with van der Waals surface area (Å²) < 4.78 is 14.4. The first-order valence-electron chi connectivity index (χ1n) is 5.44. The van der Waals surface area contributed by atoms with Gasteiger partial charge < -0.3 is 5.32 Å². The summed E-state index contributed by atoms with van der Waals surface area (Å²) in [6, 6.07) is 8.33. The zero-order valence-corrected chi connectivity index (χ0v) is 11.8. The number of nitrogens with one attached hydrogen (secondary N) is 1. The van der Waals surface area contributed by atoms with Gasteiger partial charge in [-0.1, -0.05) is 11.6 Å². The highest BCUT2D eigenvalue weighted by atomic mass is 79.9. The maximum Gasteiger partial charge on any atom is 0.126 e. The van der Waals surface area contributed by atoms with E-state index in [-0.39, 0.29) is 5.82 Å². The lowest BCUT2D eigenvalue weighted by atomic mass is 10.1. The zero-order valence-electron chi connectivity index (χ0n) is 9.46. The lowest BCUT2D eigenvalue weighted by molar-refractivity contribution is 0.610. The number of rotatable bonds is 4. The Morgan fingerprint density at radius 2 is 2.11 bits per heavy atom. The van der Waals surface area contributed by atoms with Crippen molar-refractivity contribution in [3.8, 4) is 0 Å². The van der Waals surface area contributed by atoms with E-state index in [2.05, 4.69) is 26.2 Å². The van der Waals surface area contributed by atoms with Crippen molar-refractivity contribution in [2.75, 3.05) is 11.9 Å². The highest BCUT2D eigenvalue weighted by molar-refractivity contribution is 9.10. The molecule has 2 aromatic rings. The largest absolute Gasteiger partial charge is 0.370 e. The Labute approximate surface area is 118 Å². The van der Waals surface area contributed by atoms with Crippen LogP contribution >= 0.6 is 27.5 Å². The lowest BCUT2D eigenvalue weighted by Gasteiger charge is -2.06. The van der Waals surface area contributed by atoms with Crippen LogP contribution in [0.4, 0.5) is 10.2 Å². The standard InChI is InChI=1S/C13H11BrClFN2/c14-10-1-4-13(18-8-10)17-6-5-9-7-11(15)2-3-12(9)16/h1-4,7-8H,5-6H2,(H,17,18). The van der Waals surface area contributed by atoms with Crippen LogP contribution in [-0.2, 0) is 6.42 Å². The average Bonchev–Trinajstić information content (AvgIpc) is 2.36. The third-order valence-electron chi connectivity index (χ3n) is 2.44. The van der Waals surface area contributed by atoms with Gasteiger partial charge in [-0.3, -0.25) is 0 Å². The average molecular weight is 330 g/mol. The Kier molecular flexibility index (Phi) is 4.55. The summed E-state index contributed by atoms with van der Waals surface area (Å²) in [4.78, 5) is 4.17. The minimum atomic E-state index is -0.232. The summed E-state index contributed by atoms with van der Waals surface area (Å²) in [6.45, 7) is 0.603. The molecule has 2 rings (SSSR count). The summed E-state index contributed by atoms with van der Waals surface area (Å²) in [5, 5.41) is 3.67. The van der Waals surface area contributed by atoms with Crippen LogP contribution in [0.1, 0.15) is 5.56 Å². The van der Waals surface area contributed by atoms with Crippen LogP contribution in [0.25, 0.3) is 0 Å². The molecule has 0 aliphatic heterocycles. The highest BCUT2D eigenvalue weighted by Crippen LogP contribution is 2.16. The second kappa shape index (κ2) is 6.16. The highest BCUT2D eigenvalue weighted by Gasteiger charge is 2.03. The number of aromatic nitrogens is 1. The monoisotopic (exact) mass is 328 g/mol. The molecule has 1 N–H and O–H groups in total. The number of hydrogen-bond acceptors (Lipinski definition) is 2. The van der Waals surface area contributed by atoms with E-state index in [1.54, 1.807) is 18.3 Å². The quantitative estimate of drug-likeness (QED) is 0.905. The van der Waals surface area contributed by atoms with Gasteiger partial charge in [-0.2, -0.15) is 0 Å². The molecule has 94 valence electrons. The molecule has 1 aromatic carbocycles. The van der Waals surface area contributed by atoms with E-state index >= 15 is 0 Å². The van der Waals surface area contributed by atoms with Gasteiger partial charge in [0.1, 0.15) is 11.6 Å². The van der Waals surface area contributed by atoms with E-state index in [0.717, 1.165) is 10.3 Å². The van der Waals surface area contributed by atoms with Crippen LogP contribution in [0.15, 0.2) is 41.0 Å². The van der Waals surface area contributed by atoms with Gasteiger partial charge in [0.25, 0.3) is 0 Å². The summed E-state index contributed by atoms with van der Waals surface area (Å²) in [7, 11) is 0. The molecule has 18 heavy (non-hydrogen) atoms. The SMILES string of the molecule is Fc1ccc(Cl)cc1CCNc1ccc(Br)cn1. The van der Waals surface area contributed by atoms with Crippen molar-refractivity contribution in [3.63, 3.8) is 0 Å². The number of pyridine rings is 1. The summed E-state index contributed by atoms with van der Waals surface area (Å²) >= 11 is 9.14. The van der Waals surface area contributed by atoms with Gasteiger partial charge >= 0.3 is 0 Å². The molecule has 0 saturated carbocycles. The molecular formula is C13H11BrClFN2. The molecule has 1 heterocycles. The molecule has 2 nitrogen and oxygen atoms in total. The van der Waals surface area contributed by atoms with Crippen LogP contribution in [-0.4, -0.2) is 11.5 Å². The maximum absolute atomic E-state index is 13.4. The summed E-state index contributed by atoms with van der Waals surface area (Å²) in [5.74, 6) is 0.533. The van der Waals surface area contributed by atoms with Gasteiger partial charge in [0.15, 0.2) is 0 Å². The molecule has 0 spiro atoms. The van der Waals surface area contributed by atoms with Crippen LogP contribution in [0.3, 0.4) is 0 Å². The molecule has 5 heteroatoms. The molecule has 1 aromatic heterocycles. The van der Waals surface area contributed by atoms with Crippen LogP contribution in [0.2, 0.25) is 5.02 Å². The molecule has 0 saturated heterocycles. The van der Waals surface area contributed by atoms with Crippen molar-refractivity contribution in [1.82, 2.24) is 4.98 Å². The van der Waals surface area contributed by atoms with E-state index in [0.29, 0.717) is 23.6 Å². The number of hydrogen-bond donors (Lipinski definition) is 1. The zero-order chi connectivity index (χ0) is 13.0. The summed E-state index contributed by atoms with van der Waals surface area (Å²) in [5.41, 5.74) is 0.604. The van der Waals surface area contributed by atoms with Crippen molar-refractivity contribution in [3.05, 3.63) is 57.4 Å². The van der Waals surface area contributed by atoms with E-state index < -0.39 is 0 Å². The molecule has 0 fully saturated rings. The predicted octanol–water partition coefficient (Wildman–Crippen LogP) is 4.29. The van der Waals surface area contributed by atoms with Crippen molar-refractivity contribution < 1.29 is 4.39 Å². The predicted molar refractivity (Wildman–Crippen MR) is 75.5 cm³/mol. The van der Waals surface area contributed by atoms with Gasteiger partial charge in [-0.15, -0.1) is 0 Å². The fourth-order valence-corrected chi connectivity index (χ4v) is 1.97. The van der Waals surface area contributed by atoms with Crippen molar-refractivity contribution in [2.24, 2.45) is 0 Å². The van der Waals surface area contributed by atoms with Crippen molar-refractivity contribution in [1.29, 1.82) is 0 Å². The normalized spacial score (nSPS) is 10.4. The van der Waals surface area contributed by atoms with Gasteiger partial charge in [0, 0.05) is 22.2 Å².